The second kappa shape index (κ2) is 12.5. The number of esters is 1. The van der Waals surface area contributed by atoms with Crippen LogP contribution in [0.15, 0.2) is 48.5 Å². The average Bonchev–Trinajstić information content (AvgIpc) is 2.82. The number of hydrogen-bond acceptors (Lipinski definition) is 3. The molecule has 0 bridgehead atoms. The number of ether oxygens (including phenoxy) is 2. The van der Waals surface area contributed by atoms with E-state index in [0.29, 0.717) is 17.2 Å². The highest BCUT2D eigenvalue weighted by Crippen LogP contribution is 2.37. The molecule has 2 aromatic rings. The molecule has 0 aromatic heterocycles. The van der Waals surface area contributed by atoms with Gasteiger partial charge < -0.3 is 9.47 Å². The van der Waals surface area contributed by atoms with E-state index in [0.717, 1.165) is 24.7 Å². The second-order valence-electron chi connectivity index (χ2n) is 8.90. The van der Waals surface area contributed by atoms with E-state index < -0.39 is 0 Å². The molecule has 31 heavy (non-hydrogen) atoms. The third-order valence-electron chi connectivity index (χ3n) is 6.48. The Labute approximate surface area is 188 Å². The fraction of sp³-hybridized carbons (Fsp3) is 0.536. The first-order valence-electron chi connectivity index (χ1n) is 12.2. The fourth-order valence-corrected chi connectivity index (χ4v) is 4.48. The SMILES string of the molecule is CCCCCOc1ccc(OC(=O)c2ccc(C3CCC(CCCC)CC3)cc2)cc1. The highest BCUT2D eigenvalue weighted by atomic mass is 16.5. The quantitative estimate of drug-likeness (QED) is 0.209. The van der Waals surface area contributed by atoms with Crippen molar-refractivity contribution in [1.29, 1.82) is 0 Å². The van der Waals surface area contributed by atoms with Gasteiger partial charge in [-0.2, -0.15) is 0 Å². The lowest BCUT2D eigenvalue weighted by atomic mass is 9.77. The molecule has 168 valence electrons. The first-order chi connectivity index (χ1) is 15.2. The van der Waals surface area contributed by atoms with Crippen LogP contribution in [0.3, 0.4) is 0 Å². The Balaban J connectivity index is 1.47. The van der Waals surface area contributed by atoms with Gasteiger partial charge in [-0.3, -0.25) is 0 Å². The number of benzene rings is 2. The van der Waals surface area contributed by atoms with E-state index >= 15 is 0 Å². The Morgan fingerprint density at radius 3 is 2.10 bits per heavy atom. The van der Waals surface area contributed by atoms with Crippen molar-refractivity contribution < 1.29 is 14.3 Å². The third-order valence-corrected chi connectivity index (χ3v) is 6.48. The number of carbonyl (C=O) groups is 1. The molecule has 1 aliphatic rings. The molecule has 0 atom stereocenters. The van der Waals surface area contributed by atoms with Crippen LogP contribution in [-0.4, -0.2) is 12.6 Å². The molecule has 0 spiro atoms. The van der Waals surface area contributed by atoms with Crippen LogP contribution in [0.25, 0.3) is 0 Å². The normalized spacial score (nSPS) is 18.5. The van der Waals surface area contributed by atoms with E-state index in [2.05, 4.69) is 26.0 Å². The van der Waals surface area contributed by atoms with E-state index in [4.69, 9.17) is 9.47 Å². The smallest absolute Gasteiger partial charge is 0.343 e. The van der Waals surface area contributed by atoms with Crippen molar-refractivity contribution >= 4 is 5.97 Å². The molecule has 1 aliphatic carbocycles. The van der Waals surface area contributed by atoms with Crippen molar-refractivity contribution in [3.63, 3.8) is 0 Å². The van der Waals surface area contributed by atoms with E-state index in [1.54, 1.807) is 12.1 Å². The lowest BCUT2D eigenvalue weighted by Crippen LogP contribution is -2.14. The van der Waals surface area contributed by atoms with Crippen LogP contribution in [0.5, 0.6) is 11.5 Å². The van der Waals surface area contributed by atoms with E-state index in [9.17, 15) is 4.79 Å². The van der Waals surface area contributed by atoms with Gasteiger partial charge in [0.2, 0.25) is 0 Å². The maximum atomic E-state index is 12.5. The lowest BCUT2D eigenvalue weighted by molar-refractivity contribution is 0.0734. The second-order valence-corrected chi connectivity index (χ2v) is 8.90. The van der Waals surface area contributed by atoms with Gasteiger partial charge in [-0.1, -0.05) is 58.1 Å². The van der Waals surface area contributed by atoms with Crippen molar-refractivity contribution in [3.05, 3.63) is 59.7 Å². The predicted molar refractivity (Wildman–Crippen MR) is 127 cm³/mol. The summed E-state index contributed by atoms with van der Waals surface area (Å²) >= 11 is 0. The molecular weight excluding hydrogens is 384 g/mol. The standard InChI is InChI=1S/C28H38O3/c1-3-5-7-21-30-26-17-19-27(20-18-26)31-28(29)25-15-13-24(14-16-25)23-11-9-22(10-12-23)8-6-4-2/h13-20,22-23H,3-12,21H2,1-2H3. The molecule has 0 heterocycles. The predicted octanol–water partition coefficient (Wildman–Crippen LogP) is 7.94. The van der Waals surface area contributed by atoms with Crippen LogP contribution < -0.4 is 9.47 Å². The van der Waals surface area contributed by atoms with Gasteiger partial charge in [-0.05, 0) is 85.9 Å². The van der Waals surface area contributed by atoms with Gasteiger partial charge >= 0.3 is 5.97 Å². The van der Waals surface area contributed by atoms with Crippen LogP contribution in [0.1, 0.15) is 99.9 Å². The van der Waals surface area contributed by atoms with Crippen molar-refractivity contribution in [2.75, 3.05) is 6.61 Å². The topological polar surface area (TPSA) is 35.5 Å². The van der Waals surface area contributed by atoms with Crippen LogP contribution in [-0.2, 0) is 0 Å². The molecular formula is C28H38O3. The van der Waals surface area contributed by atoms with Gasteiger partial charge in [0.15, 0.2) is 0 Å². The van der Waals surface area contributed by atoms with Gasteiger partial charge in [0.05, 0.1) is 12.2 Å². The number of rotatable bonds is 11. The van der Waals surface area contributed by atoms with E-state index in [1.807, 2.05) is 24.3 Å². The zero-order valence-corrected chi connectivity index (χ0v) is 19.3. The Morgan fingerprint density at radius 1 is 0.806 bits per heavy atom. The first-order valence-corrected chi connectivity index (χ1v) is 12.2. The molecule has 2 aromatic carbocycles. The van der Waals surface area contributed by atoms with Crippen molar-refractivity contribution in [3.8, 4) is 11.5 Å². The monoisotopic (exact) mass is 422 g/mol. The van der Waals surface area contributed by atoms with Gasteiger partial charge in [0.25, 0.3) is 0 Å². The third kappa shape index (κ3) is 7.41. The molecule has 0 amide bonds. The van der Waals surface area contributed by atoms with Crippen molar-refractivity contribution in [1.82, 2.24) is 0 Å². The van der Waals surface area contributed by atoms with Gasteiger partial charge in [0.1, 0.15) is 11.5 Å². The summed E-state index contributed by atoms with van der Waals surface area (Å²) in [7, 11) is 0. The van der Waals surface area contributed by atoms with Gasteiger partial charge in [-0.25, -0.2) is 4.79 Å². The molecule has 3 nitrogen and oxygen atoms in total. The molecule has 3 heteroatoms. The minimum absolute atomic E-state index is 0.313. The van der Waals surface area contributed by atoms with Crippen molar-refractivity contribution in [2.45, 2.75) is 84.0 Å². The fourth-order valence-electron chi connectivity index (χ4n) is 4.48. The molecule has 3 rings (SSSR count). The Kier molecular flexibility index (Phi) is 9.45. The van der Waals surface area contributed by atoms with Crippen LogP contribution >= 0.6 is 0 Å². The zero-order chi connectivity index (χ0) is 21.9. The summed E-state index contributed by atoms with van der Waals surface area (Å²) in [5.41, 5.74) is 1.95. The Hall–Kier alpha value is -2.29. The summed E-state index contributed by atoms with van der Waals surface area (Å²) in [5.74, 6) is 2.59. The van der Waals surface area contributed by atoms with Gasteiger partial charge in [0, 0.05) is 0 Å². The summed E-state index contributed by atoms with van der Waals surface area (Å²) < 4.78 is 11.2. The number of unbranched alkanes of at least 4 members (excludes halogenated alkanes) is 3. The highest BCUT2D eigenvalue weighted by molar-refractivity contribution is 5.91. The maximum Gasteiger partial charge on any atom is 0.343 e. The van der Waals surface area contributed by atoms with E-state index in [1.165, 1.54) is 63.4 Å². The maximum absolute atomic E-state index is 12.5. The number of carbonyl (C=O) groups excluding carboxylic acids is 1. The molecule has 1 saturated carbocycles. The minimum Gasteiger partial charge on any atom is -0.494 e. The molecule has 0 aliphatic heterocycles. The summed E-state index contributed by atoms with van der Waals surface area (Å²) in [6, 6.07) is 15.3. The largest absolute Gasteiger partial charge is 0.494 e. The van der Waals surface area contributed by atoms with E-state index in [-0.39, 0.29) is 5.97 Å². The Bertz CT molecular complexity index is 771. The zero-order valence-electron chi connectivity index (χ0n) is 19.3. The van der Waals surface area contributed by atoms with Gasteiger partial charge in [-0.15, -0.1) is 0 Å². The first kappa shape index (κ1) is 23.4. The summed E-state index contributed by atoms with van der Waals surface area (Å²) in [4.78, 5) is 12.5. The molecule has 0 radical (unpaired) electrons. The van der Waals surface area contributed by atoms with Crippen molar-refractivity contribution in [2.24, 2.45) is 5.92 Å². The highest BCUT2D eigenvalue weighted by Gasteiger charge is 2.22. The van der Waals surface area contributed by atoms with Crippen LogP contribution in [0.4, 0.5) is 0 Å². The molecule has 0 N–H and O–H groups in total. The molecule has 1 fully saturated rings. The average molecular weight is 423 g/mol. The number of hydrogen-bond donors (Lipinski definition) is 0. The molecule has 0 unspecified atom stereocenters. The Morgan fingerprint density at radius 2 is 1.45 bits per heavy atom. The van der Waals surface area contributed by atoms with Crippen LogP contribution in [0.2, 0.25) is 0 Å². The summed E-state index contributed by atoms with van der Waals surface area (Å²) in [5, 5.41) is 0. The summed E-state index contributed by atoms with van der Waals surface area (Å²) in [6.45, 7) is 5.17. The minimum atomic E-state index is -0.313. The summed E-state index contributed by atoms with van der Waals surface area (Å²) in [6.07, 6.45) is 12.7. The van der Waals surface area contributed by atoms with Crippen LogP contribution in [0, 0.1) is 5.92 Å². The molecule has 0 saturated heterocycles. The lowest BCUT2D eigenvalue weighted by Gasteiger charge is -2.28.